The van der Waals surface area contributed by atoms with E-state index in [0.29, 0.717) is 63.0 Å². The molecular weight excluding hydrogens is 1960 g/mol. The molecule has 0 amide bonds. The van der Waals surface area contributed by atoms with E-state index in [4.69, 9.17) is 15.2 Å². The van der Waals surface area contributed by atoms with Crippen molar-refractivity contribution in [2.45, 2.75) is 231 Å². The minimum absolute atomic E-state index is 0. The Bertz CT molecular complexity index is 5270. The molecule has 33 N–H and O–H groups in total. The minimum atomic E-state index is -1.87. The number of carbonyl (C=O) groups excluding carboxylic acids is 2. The number of morpholine rings is 2. The summed E-state index contributed by atoms with van der Waals surface area (Å²) in [6.07, 6.45) is 2.68. The van der Waals surface area contributed by atoms with Gasteiger partial charge in [0.25, 0.3) is 0 Å². The van der Waals surface area contributed by atoms with Gasteiger partial charge in [0.15, 0.2) is 5.78 Å². The summed E-state index contributed by atoms with van der Waals surface area (Å²) in [5.74, 6) is 0.424. The first-order valence-corrected chi connectivity index (χ1v) is 51.9. The molecule has 0 bridgehead atoms. The number of benzene rings is 11. The van der Waals surface area contributed by atoms with E-state index >= 15 is 0 Å². The minimum Gasteiger partial charge on any atom is -0.772 e. The van der Waals surface area contributed by atoms with Gasteiger partial charge in [0, 0.05) is 195 Å². The van der Waals surface area contributed by atoms with Crippen molar-refractivity contribution in [1.29, 1.82) is 0 Å². The molecule has 0 radical (unpaired) electrons. The van der Waals surface area contributed by atoms with Crippen LogP contribution in [0.4, 0.5) is 68.2 Å². The molecule has 0 aliphatic carbocycles. The van der Waals surface area contributed by atoms with Crippen LogP contribution >= 0.6 is 60.4 Å². The number of anilines is 12. The first-order chi connectivity index (χ1) is 64.6. The number of hydrogen-bond acceptors (Lipinski definition) is 25. The number of nitrogens with zero attached hydrogens (tertiary/aromatic N) is 2. The van der Waals surface area contributed by atoms with Crippen LogP contribution in [0.25, 0.3) is 0 Å². The highest BCUT2D eigenvalue weighted by atomic mass is 32.2. The van der Waals surface area contributed by atoms with E-state index in [0.717, 1.165) is 134 Å². The average molecular weight is 2120 g/mol. The number of piperidine rings is 1. The Hall–Kier alpha value is -10.3. The molecule has 145 heavy (non-hydrogen) atoms. The molecule has 806 valence electrons. The molecule has 0 spiro atoms. The lowest BCUT2D eigenvalue weighted by molar-refractivity contribution is -0.119. The van der Waals surface area contributed by atoms with E-state index in [1.54, 1.807) is 75.5 Å². The van der Waals surface area contributed by atoms with Crippen LogP contribution in [0.15, 0.2) is 266 Å². The Kier molecular flexibility index (Phi) is 70.5. The SMILES string of the molecule is CC(C)S(=O)[O-].CC(C)SNc1ccc(CNc2ccc(C(=O)c3ccccc3)cc2)cc1.CC(C)SNc1ccc(CNc2ccc(C(C)(C)O)cc2)cc1.CC(C)SNc1ccc(CNc2ccc(N3CCC(=O)CC3)cc2)cc1.C[C@@H]1CNC[C@H](C)O1.Cc1c(NCc2ccc(NSC(C)C)cc2)ccc(N2C[C@@H](C)O[C@@H](C)C2)c1C.Nc1ccc(CNc2cccc(S)c2)cc1.O.O.O.O.O.O.O.O.O.O. The Morgan fingerprint density at radius 3 is 1.11 bits per heavy atom. The standard InChI is InChI=1S/C24H35N3OS.C23H24N2OS.C21H27N3OS.C19H26N2OS.C13H14N2S.C6H13NO.C3H8O2S.10H2O/c1-16(2)29-26-22-9-7-21(8-10-22)13-25-23-11-12-24(20(6)19(23)5)27-14-17(3)28-18(4)15-27;1-17(2)27-25-22-12-8-18(9-13-22)16-24-21-14-10-20(11-15-21)23(26)19-6-4-3-5-7-19;1-16(2)26-23-19-5-3-17(4-6-19)15-22-18-7-9-20(10-8-18)24-13-11-21(25)12-14-24;1-14(2)23-21-18-9-5-15(6-10-18)13-20-17-11-7-16(8-12-17)19(3,4)22;14-11-6-4-10(5-7-11)9-15-12-2-1-3-13(16)8-12;1-5-3-7-4-6(2)8-5;1-3(2)6(4)5;;;;;;;;;;/h7-12,16-18,25-26H,13-15H2,1-6H3;3-15,17,24-25H,16H2,1-2H3;3-10,16,22-23H,11-15H2,1-2H3;5-12,14,20-22H,13H2,1-4H3;1-8,15-16H,9,14H2;5-7H,3-4H2,1-2H3;3H,1-2H3,(H,4,5);10*1H2/p-1/t17-,18+;;;;;5-,6+;;;;;;;;;;;. The summed E-state index contributed by atoms with van der Waals surface area (Å²) >= 11 is 9.32. The largest absolute Gasteiger partial charge is 0.772 e. The Morgan fingerprint density at radius 1 is 0.434 bits per heavy atom. The van der Waals surface area contributed by atoms with E-state index in [1.807, 2.05) is 127 Å². The topological polar surface area (TPSA) is 581 Å². The van der Waals surface area contributed by atoms with E-state index < -0.39 is 16.7 Å². The summed E-state index contributed by atoms with van der Waals surface area (Å²) in [5, 5.41) is 32.4. The highest BCUT2D eigenvalue weighted by Gasteiger charge is 2.25. The highest BCUT2D eigenvalue weighted by Crippen LogP contribution is 2.33. The summed E-state index contributed by atoms with van der Waals surface area (Å²) in [5.41, 5.74) is 29.3. The van der Waals surface area contributed by atoms with Crippen molar-refractivity contribution in [2.75, 3.05) is 100 Å². The lowest BCUT2D eigenvalue weighted by atomic mass is 9.98. The summed E-state index contributed by atoms with van der Waals surface area (Å²) in [4.78, 5) is 29.5. The lowest BCUT2D eigenvalue weighted by Gasteiger charge is -2.38. The third-order valence-corrected chi connectivity index (χ3v) is 25.7. The number of carbonyl (C=O) groups is 2. The molecule has 14 rings (SSSR count). The van der Waals surface area contributed by atoms with Gasteiger partial charge < -0.3 is 140 Å². The number of aliphatic hydroxyl groups is 1. The second kappa shape index (κ2) is 73.7. The number of ketones is 2. The van der Waals surface area contributed by atoms with Crippen molar-refractivity contribution in [3.63, 3.8) is 0 Å². The quantitative estimate of drug-likeness (QED) is 0.00597. The zero-order valence-electron chi connectivity index (χ0n) is 87.1. The van der Waals surface area contributed by atoms with Gasteiger partial charge in [-0.15, -0.1) is 12.6 Å². The smallest absolute Gasteiger partial charge is 0.193 e. The molecule has 36 heteroatoms. The number of Topliss-reactive ketones (excluding diaryl/α,β-unsaturated/α-hetero) is 1. The molecule has 5 atom stereocenters. The number of rotatable bonds is 33. The van der Waals surface area contributed by atoms with Crippen molar-refractivity contribution in [3.05, 3.63) is 316 Å². The van der Waals surface area contributed by atoms with Crippen LogP contribution in [0.5, 0.6) is 0 Å². The number of nitrogens with one attached hydrogen (secondary N) is 10. The van der Waals surface area contributed by atoms with Crippen LogP contribution < -0.4 is 66.3 Å². The molecule has 30 nitrogen and oxygen atoms in total. The molecule has 11 aromatic rings. The number of hydrogen-bond donors (Lipinski definition) is 13. The van der Waals surface area contributed by atoms with Crippen LogP contribution in [-0.4, -0.2) is 170 Å². The van der Waals surface area contributed by atoms with Gasteiger partial charge in [-0.1, -0.05) is 190 Å². The van der Waals surface area contributed by atoms with Crippen LogP contribution in [0, 0.1) is 13.8 Å². The van der Waals surface area contributed by atoms with Crippen LogP contribution in [0.2, 0.25) is 0 Å². The van der Waals surface area contributed by atoms with E-state index in [-0.39, 0.29) is 78.0 Å². The maximum atomic E-state index is 12.4. The first kappa shape index (κ1) is 139. The van der Waals surface area contributed by atoms with E-state index in [2.05, 4.69) is 304 Å². The molecule has 3 heterocycles. The van der Waals surface area contributed by atoms with Gasteiger partial charge in [0.05, 0.1) is 30.0 Å². The Balaban J connectivity index is -0.00000166. The highest BCUT2D eigenvalue weighted by molar-refractivity contribution is 8.01. The van der Waals surface area contributed by atoms with Crippen LogP contribution in [0.1, 0.15) is 184 Å². The van der Waals surface area contributed by atoms with E-state index in [9.17, 15) is 23.5 Å². The predicted octanol–water partition coefficient (Wildman–Crippen LogP) is 17.5. The van der Waals surface area contributed by atoms with Crippen LogP contribution in [0.3, 0.4) is 0 Å². The molecular formula is C109H166N13O17S6-. The number of nitrogen functional groups attached to an aromatic ring is 1. The normalized spacial score (nSPS) is 14.3. The lowest BCUT2D eigenvalue weighted by Crippen LogP contribution is -2.45. The zero-order valence-corrected chi connectivity index (χ0v) is 92.0. The van der Waals surface area contributed by atoms with Crippen molar-refractivity contribution < 1.29 is 87.7 Å². The molecule has 3 fully saturated rings. The zero-order chi connectivity index (χ0) is 97.8. The molecule has 1 unspecified atom stereocenters. The first-order valence-electron chi connectivity index (χ1n) is 46.8. The summed E-state index contributed by atoms with van der Waals surface area (Å²) < 4.78 is 44.1. The molecule has 3 aliphatic rings. The van der Waals surface area contributed by atoms with Gasteiger partial charge in [-0.3, -0.25) is 13.8 Å². The predicted molar refractivity (Wildman–Crippen MR) is 624 cm³/mol. The average Bonchev–Trinajstić information content (AvgIpc) is 0.804. The second-order valence-corrected chi connectivity index (χ2v) is 43.2. The van der Waals surface area contributed by atoms with Gasteiger partial charge in [-0.2, -0.15) is 0 Å². The van der Waals surface area contributed by atoms with E-state index in [1.165, 1.54) is 56.0 Å². The van der Waals surface area contributed by atoms with Gasteiger partial charge in [-0.05, 0) is 299 Å². The van der Waals surface area contributed by atoms with Gasteiger partial charge >= 0.3 is 0 Å². The summed E-state index contributed by atoms with van der Waals surface area (Å²) in [7, 11) is 0. The van der Waals surface area contributed by atoms with Crippen molar-refractivity contribution >= 4 is 151 Å². The molecule has 11 aromatic carbocycles. The molecule has 0 aromatic heterocycles. The Morgan fingerprint density at radius 2 is 0.766 bits per heavy atom. The summed E-state index contributed by atoms with van der Waals surface area (Å²) in [6.45, 7) is 46.7. The maximum absolute atomic E-state index is 12.4. The third-order valence-electron chi connectivity index (χ3n) is 21.3. The van der Waals surface area contributed by atoms with Crippen LogP contribution in [-0.2, 0) is 63.7 Å². The monoisotopic (exact) mass is 2120 g/mol. The fourth-order valence-electron chi connectivity index (χ4n) is 13.8. The third kappa shape index (κ3) is 53.7. The molecule has 3 aliphatic heterocycles. The van der Waals surface area contributed by atoms with Gasteiger partial charge in [-0.25, -0.2) is 0 Å². The summed E-state index contributed by atoms with van der Waals surface area (Å²) in [6, 6.07) is 87.8. The van der Waals surface area contributed by atoms with Gasteiger partial charge in [0.1, 0.15) is 5.78 Å². The van der Waals surface area contributed by atoms with Crippen molar-refractivity contribution in [3.8, 4) is 0 Å². The second-order valence-electron chi connectivity index (χ2n) is 35.7. The fourth-order valence-corrected chi connectivity index (χ4v) is 16.0. The number of thiol groups is 1. The Labute approximate surface area is 886 Å². The maximum Gasteiger partial charge on any atom is 0.193 e. The van der Waals surface area contributed by atoms with Crippen molar-refractivity contribution in [1.82, 2.24) is 5.32 Å². The molecule has 0 saturated carbocycles. The number of nitrogens with two attached hydrogens (primary N) is 1. The van der Waals surface area contributed by atoms with Crippen molar-refractivity contribution in [2.24, 2.45) is 0 Å². The fraction of sp³-hybridized carbons (Fsp3) is 0.376. The molecule has 3 saturated heterocycles. The van der Waals surface area contributed by atoms with Gasteiger partial charge in [0.2, 0.25) is 0 Å². The number of ether oxygens (including phenoxy) is 2.